The molecular formula is C37H48N4O5. The molecule has 0 fully saturated rings. The highest BCUT2D eigenvalue weighted by Crippen LogP contribution is 2.28. The van der Waals surface area contributed by atoms with Gasteiger partial charge in [0.05, 0.1) is 5.69 Å². The van der Waals surface area contributed by atoms with Crippen LogP contribution in [0.5, 0.6) is 0 Å². The van der Waals surface area contributed by atoms with Crippen molar-refractivity contribution in [2.75, 3.05) is 15.7 Å². The van der Waals surface area contributed by atoms with Crippen molar-refractivity contribution in [3.63, 3.8) is 0 Å². The molecule has 3 aromatic rings. The summed E-state index contributed by atoms with van der Waals surface area (Å²) in [5.74, 6) is -3.08. The first-order chi connectivity index (χ1) is 21.6. The Morgan fingerprint density at radius 2 is 1.07 bits per heavy atom. The van der Waals surface area contributed by atoms with Crippen LogP contribution in [0.25, 0.3) is 0 Å². The number of nitrogens with zero attached hydrogens (tertiary/aromatic N) is 1. The number of carbonyl (C=O) groups excluding carboxylic acids is 4. The summed E-state index contributed by atoms with van der Waals surface area (Å²) in [5.41, 5.74) is 9.00. The van der Waals surface area contributed by atoms with Gasteiger partial charge in [-0.1, -0.05) is 90.8 Å². The maximum atomic E-state index is 13.7. The first-order valence-corrected chi connectivity index (χ1v) is 15.8. The van der Waals surface area contributed by atoms with Crippen molar-refractivity contribution >= 4 is 40.7 Å². The van der Waals surface area contributed by atoms with Gasteiger partial charge in [0.1, 0.15) is 5.92 Å². The lowest BCUT2D eigenvalue weighted by molar-refractivity contribution is -0.126. The maximum Gasteiger partial charge on any atom is 0.250 e. The number of amides is 4. The summed E-state index contributed by atoms with van der Waals surface area (Å²) in [4.78, 5) is 50.7. The van der Waals surface area contributed by atoms with Crippen LogP contribution in [0.4, 0.5) is 17.1 Å². The highest BCUT2D eigenvalue weighted by Gasteiger charge is 2.30. The molecule has 0 aliphatic carbocycles. The predicted molar refractivity (Wildman–Crippen MR) is 183 cm³/mol. The molecule has 3 rings (SSSR count). The van der Waals surface area contributed by atoms with Gasteiger partial charge in [-0.05, 0) is 76.8 Å². The summed E-state index contributed by atoms with van der Waals surface area (Å²) in [7, 11) is 0. The van der Waals surface area contributed by atoms with Gasteiger partial charge in [-0.3, -0.25) is 24.4 Å². The Morgan fingerprint density at radius 1 is 0.652 bits per heavy atom. The van der Waals surface area contributed by atoms with Gasteiger partial charge in [0.25, 0.3) is 5.91 Å². The predicted octanol–water partition coefficient (Wildman–Crippen LogP) is 7.19. The minimum absolute atomic E-state index is 0.0523. The van der Waals surface area contributed by atoms with E-state index >= 15 is 0 Å². The summed E-state index contributed by atoms with van der Waals surface area (Å²) in [5, 5.41) is 16.9. The van der Waals surface area contributed by atoms with Crippen LogP contribution in [-0.4, -0.2) is 28.8 Å². The molecule has 4 amide bonds. The molecular weight excluding hydrogens is 580 g/mol. The molecule has 0 saturated heterocycles. The van der Waals surface area contributed by atoms with Crippen molar-refractivity contribution in [3.05, 3.63) is 89.5 Å². The minimum Gasteiger partial charge on any atom is -0.370 e. The number of carbonyl (C=O) groups is 4. The summed E-state index contributed by atoms with van der Waals surface area (Å²) >= 11 is 0. The van der Waals surface area contributed by atoms with Gasteiger partial charge in [-0.2, -0.15) is 5.06 Å². The zero-order valence-corrected chi connectivity index (χ0v) is 27.9. The number of rotatable bonds is 13. The molecule has 46 heavy (non-hydrogen) atoms. The third kappa shape index (κ3) is 10.5. The number of hydroxylamine groups is 1. The number of hydrogen-bond acceptors (Lipinski definition) is 5. The monoisotopic (exact) mass is 628 g/mol. The standard InChI is InChI=1S/C37H48N4O5/c1-36(2,3)26-15-19-28(20-16-26)39-34(44)33(35(45)40-29-21-17-27(18-22-29)37(4,5)6)25-13-23-30(24-14-25)41(46)32(43)12-10-8-7-9-11-31(38)42/h13-24,33,46H,7-12H2,1-6H3,(H2,38,42)(H,39,44)(H,40,45). The second-order valence-corrected chi connectivity index (χ2v) is 13.7. The zero-order chi connectivity index (χ0) is 34.1. The largest absolute Gasteiger partial charge is 0.370 e. The van der Waals surface area contributed by atoms with Gasteiger partial charge < -0.3 is 16.4 Å². The van der Waals surface area contributed by atoms with Crippen LogP contribution in [0, 0.1) is 0 Å². The molecule has 0 aromatic heterocycles. The van der Waals surface area contributed by atoms with Crippen LogP contribution < -0.4 is 21.4 Å². The number of nitrogens with two attached hydrogens (primary N) is 1. The van der Waals surface area contributed by atoms with Crippen LogP contribution in [-0.2, 0) is 30.0 Å². The Balaban J connectivity index is 1.77. The van der Waals surface area contributed by atoms with E-state index in [2.05, 4.69) is 52.2 Å². The Kier molecular flexibility index (Phi) is 12.3. The minimum atomic E-state index is -1.22. The zero-order valence-electron chi connectivity index (χ0n) is 27.9. The second kappa shape index (κ2) is 15.7. The number of nitrogens with one attached hydrogen (secondary N) is 2. The Labute approximate surface area is 272 Å². The lowest BCUT2D eigenvalue weighted by Crippen LogP contribution is -2.32. The van der Waals surface area contributed by atoms with E-state index in [0.29, 0.717) is 41.3 Å². The number of hydrogen-bond donors (Lipinski definition) is 4. The van der Waals surface area contributed by atoms with Crippen molar-refractivity contribution in [1.29, 1.82) is 0 Å². The van der Waals surface area contributed by atoms with E-state index in [1.807, 2.05) is 48.5 Å². The lowest BCUT2D eigenvalue weighted by atomic mass is 9.87. The fourth-order valence-electron chi connectivity index (χ4n) is 4.94. The van der Waals surface area contributed by atoms with E-state index in [0.717, 1.165) is 24.0 Å². The van der Waals surface area contributed by atoms with Crippen LogP contribution in [0.3, 0.4) is 0 Å². The van der Waals surface area contributed by atoms with E-state index in [4.69, 9.17) is 5.73 Å². The van der Waals surface area contributed by atoms with Crippen molar-refractivity contribution in [2.24, 2.45) is 5.73 Å². The molecule has 246 valence electrons. The van der Waals surface area contributed by atoms with Gasteiger partial charge in [-0.25, -0.2) is 0 Å². The highest BCUT2D eigenvalue weighted by atomic mass is 16.5. The molecule has 0 aliphatic rings. The molecule has 0 unspecified atom stereocenters. The Bertz CT molecular complexity index is 1410. The van der Waals surface area contributed by atoms with Crippen molar-refractivity contribution in [2.45, 2.75) is 96.8 Å². The van der Waals surface area contributed by atoms with E-state index in [-0.39, 0.29) is 28.8 Å². The molecule has 0 radical (unpaired) electrons. The average Bonchev–Trinajstić information content (AvgIpc) is 2.98. The molecule has 0 spiro atoms. The van der Waals surface area contributed by atoms with E-state index in [9.17, 15) is 24.4 Å². The molecule has 0 atom stereocenters. The molecule has 0 aliphatic heterocycles. The fraction of sp³-hybridized carbons (Fsp3) is 0.405. The van der Waals surface area contributed by atoms with Crippen molar-refractivity contribution < 1.29 is 24.4 Å². The van der Waals surface area contributed by atoms with Gasteiger partial charge >= 0.3 is 0 Å². The number of anilines is 3. The van der Waals surface area contributed by atoms with Gasteiger partial charge in [-0.15, -0.1) is 0 Å². The second-order valence-electron chi connectivity index (χ2n) is 13.7. The smallest absolute Gasteiger partial charge is 0.250 e. The Morgan fingerprint density at radius 3 is 1.46 bits per heavy atom. The maximum absolute atomic E-state index is 13.7. The third-order valence-electron chi connectivity index (χ3n) is 7.83. The topological polar surface area (TPSA) is 142 Å². The Hall–Kier alpha value is -4.50. The molecule has 0 bridgehead atoms. The summed E-state index contributed by atoms with van der Waals surface area (Å²) in [6.45, 7) is 12.6. The normalized spacial score (nSPS) is 11.7. The fourth-order valence-corrected chi connectivity index (χ4v) is 4.94. The quantitative estimate of drug-likeness (QED) is 0.0686. The number of primary amides is 1. The van der Waals surface area contributed by atoms with Gasteiger partial charge in [0.2, 0.25) is 17.7 Å². The van der Waals surface area contributed by atoms with Crippen LogP contribution in [0.1, 0.15) is 103 Å². The molecule has 0 heterocycles. The number of benzene rings is 3. The van der Waals surface area contributed by atoms with Gasteiger partial charge in [0, 0.05) is 24.2 Å². The molecule has 5 N–H and O–H groups in total. The molecule has 9 nitrogen and oxygen atoms in total. The lowest BCUT2D eigenvalue weighted by Gasteiger charge is -2.21. The number of unbranched alkanes of at least 4 members (excludes halogenated alkanes) is 3. The van der Waals surface area contributed by atoms with Crippen molar-refractivity contribution in [1.82, 2.24) is 0 Å². The van der Waals surface area contributed by atoms with Crippen LogP contribution in [0.15, 0.2) is 72.8 Å². The van der Waals surface area contributed by atoms with E-state index in [1.165, 1.54) is 12.1 Å². The average molecular weight is 629 g/mol. The first-order valence-electron chi connectivity index (χ1n) is 15.8. The molecule has 0 saturated carbocycles. The molecule has 9 heteroatoms. The van der Waals surface area contributed by atoms with Gasteiger partial charge in [0.15, 0.2) is 0 Å². The van der Waals surface area contributed by atoms with Crippen LogP contribution >= 0.6 is 0 Å². The van der Waals surface area contributed by atoms with Crippen molar-refractivity contribution in [3.8, 4) is 0 Å². The summed E-state index contributed by atoms with van der Waals surface area (Å²) in [6, 6.07) is 21.2. The van der Waals surface area contributed by atoms with E-state index in [1.54, 1.807) is 12.1 Å². The van der Waals surface area contributed by atoms with Crippen LogP contribution in [0.2, 0.25) is 0 Å². The summed E-state index contributed by atoms with van der Waals surface area (Å²) < 4.78 is 0. The SMILES string of the molecule is CC(C)(C)c1ccc(NC(=O)C(C(=O)Nc2ccc(C(C)(C)C)cc2)c2ccc(N(O)C(=O)CCCCCCC(N)=O)cc2)cc1. The molecule has 3 aromatic carbocycles. The van der Waals surface area contributed by atoms with E-state index < -0.39 is 23.6 Å². The third-order valence-corrected chi connectivity index (χ3v) is 7.83. The summed E-state index contributed by atoms with van der Waals surface area (Å²) in [6.07, 6.45) is 3.17. The highest BCUT2D eigenvalue weighted by molar-refractivity contribution is 6.15. The first kappa shape index (κ1) is 36.0.